The first-order chi connectivity index (χ1) is 8.58. The van der Waals surface area contributed by atoms with E-state index < -0.39 is 5.97 Å². The van der Waals surface area contributed by atoms with Crippen LogP contribution in [0.1, 0.15) is 12.0 Å². The lowest BCUT2D eigenvalue weighted by Gasteiger charge is -2.03. The number of hydrogen-bond acceptors (Lipinski definition) is 2. The summed E-state index contributed by atoms with van der Waals surface area (Å²) in [5.74, 6) is -1.28. The molecular formula is C12H10ClFN2O2. The predicted molar refractivity (Wildman–Crippen MR) is 64.5 cm³/mol. The average Bonchev–Trinajstić information content (AvgIpc) is 2.68. The molecular weight excluding hydrogens is 259 g/mol. The summed E-state index contributed by atoms with van der Waals surface area (Å²) in [5, 5.41) is 12.9. The van der Waals surface area contributed by atoms with Gasteiger partial charge in [-0.15, -0.1) is 0 Å². The van der Waals surface area contributed by atoms with Crippen LogP contribution in [-0.4, -0.2) is 20.9 Å². The number of carbonyl (C=O) groups is 1. The van der Waals surface area contributed by atoms with Crippen molar-refractivity contribution in [2.24, 2.45) is 0 Å². The second-order valence-corrected chi connectivity index (χ2v) is 4.10. The number of carboxylic acid groups (broad SMARTS) is 1. The zero-order chi connectivity index (χ0) is 13.1. The van der Waals surface area contributed by atoms with E-state index in [2.05, 4.69) is 5.10 Å². The van der Waals surface area contributed by atoms with Crippen molar-refractivity contribution in [2.45, 2.75) is 12.8 Å². The van der Waals surface area contributed by atoms with Crippen molar-refractivity contribution >= 4 is 17.6 Å². The lowest BCUT2D eigenvalue weighted by Crippen LogP contribution is -1.99. The van der Waals surface area contributed by atoms with Gasteiger partial charge in [-0.25, -0.2) is 9.07 Å². The van der Waals surface area contributed by atoms with Gasteiger partial charge in [0.25, 0.3) is 0 Å². The zero-order valence-electron chi connectivity index (χ0n) is 9.31. The zero-order valence-corrected chi connectivity index (χ0v) is 10.1. The van der Waals surface area contributed by atoms with Gasteiger partial charge in [-0.2, -0.15) is 5.10 Å². The van der Waals surface area contributed by atoms with Crippen LogP contribution in [-0.2, 0) is 11.2 Å². The molecule has 18 heavy (non-hydrogen) atoms. The number of rotatable bonds is 4. The number of aromatic nitrogens is 2. The predicted octanol–water partition coefficient (Wildman–Crippen LogP) is 2.68. The highest BCUT2D eigenvalue weighted by Gasteiger charge is 2.11. The van der Waals surface area contributed by atoms with Crippen LogP contribution in [0, 0.1) is 5.82 Å². The molecule has 0 atom stereocenters. The van der Waals surface area contributed by atoms with E-state index in [-0.39, 0.29) is 12.2 Å². The van der Waals surface area contributed by atoms with Crippen molar-refractivity contribution in [1.82, 2.24) is 9.78 Å². The molecule has 0 amide bonds. The molecule has 0 aliphatic heterocycles. The summed E-state index contributed by atoms with van der Waals surface area (Å²) >= 11 is 6.08. The molecule has 1 N–H and O–H groups in total. The van der Waals surface area contributed by atoms with Gasteiger partial charge in [-0.3, -0.25) is 4.79 Å². The Morgan fingerprint density at radius 2 is 2.28 bits per heavy atom. The maximum absolute atomic E-state index is 13.1. The second kappa shape index (κ2) is 5.18. The Morgan fingerprint density at radius 1 is 1.50 bits per heavy atom. The lowest BCUT2D eigenvalue weighted by atomic mass is 10.2. The normalized spacial score (nSPS) is 10.6. The van der Waals surface area contributed by atoms with Crippen LogP contribution in [0.25, 0.3) is 5.69 Å². The van der Waals surface area contributed by atoms with E-state index in [4.69, 9.17) is 16.7 Å². The molecule has 2 aromatic rings. The summed E-state index contributed by atoms with van der Waals surface area (Å²) in [6, 6.07) is 5.86. The molecule has 6 heteroatoms. The third-order valence-corrected chi connectivity index (χ3v) is 2.84. The Bertz CT molecular complexity index is 583. The van der Waals surface area contributed by atoms with E-state index in [0.717, 1.165) is 0 Å². The fraction of sp³-hybridized carbons (Fsp3) is 0.167. The smallest absolute Gasteiger partial charge is 0.303 e. The monoisotopic (exact) mass is 268 g/mol. The highest BCUT2D eigenvalue weighted by Crippen LogP contribution is 2.21. The van der Waals surface area contributed by atoms with Gasteiger partial charge in [0.2, 0.25) is 0 Å². The van der Waals surface area contributed by atoms with Crippen LogP contribution in [0.5, 0.6) is 0 Å². The minimum atomic E-state index is -0.899. The Kier molecular flexibility index (Phi) is 3.62. The van der Waals surface area contributed by atoms with Crippen molar-refractivity contribution in [1.29, 1.82) is 0 Å². The summed E-state index contributed by atoms with van der Waals surface area (Å²) in [7, 11) is 0. The average molecular weight is 269 g/mol. The van der Waals surface area contributed by atoms with Gasteiger partial charge >= 0.3 is 5.97 Å². The summed E-state index contributed by atoms with van der Waals surface area (Å²) < 4.78 is 14.5. The summed E-state index contributed by atoms with van der Waals surface area (Å²) in [5.41, 5.74) is 1.13. The van der Waals surface area contributed by atoms with E-state index in [1.165, 1.54) is 23.0 Å². The molecule has 0 saturated carbocycles. The summed E-state index contributed by atoms with van der Waals surface area (Å²) in [6.45, 7) is 0. The highest BCUT2D eigenvalue weighted by atomic mass is 35.5. The molecule has 0 radical (unpaired) electrons. The fourth-order valence-electron chi connectivity index (χ4n) is 1.56. The van der Waals surface area contributed by atoms with Crippen molar-refractivity contribution in [2.75, 3.05) is 0 Å². The number of aliphatic carboxylic acids is 1. The maximum atomic E-state index is 13.1. The Hall–Kier alpha value is -1.88. The molecule has 94 valence electrons. The lowest BCUT2D eigenvalue weighted by molar-refractivity contribution is -0.136. The van der Waals surface area contributed by atoms with Gasteiger partial charge in [-0.05, 0) is 24.6 Å². The molecule has 4 nitrogen and oxygen atoms in total. The molecule has 1 heterocycles. The molecule has 0 fully saturated rings. The summed E-state index contributed by atoms with van der Waals surface area (Å²) in [4.78, 5) is 10.5. The van der Waals surface area contributed by atoms with Crippen molar-refractivity contribution in [3.8, 4) is 5.69 Å². The molecule has 1 aromatic heterocycles. The largest absolute Gasteiger partial charge is 0.481 e. The van der Waals surface area contributed by atoms with E-state index in [1.807, 2.05) is 0 Å². The number of halogens is 2. The fourth-order valence-corrected chi connectivity index (χ4v) is 1.85. The van der Waals surface area contributed by atoms with Crippen LogP contribution >= 0.6 is 11.6 Å². The van der Waals surface area contributed by atoms with Gasteiger partial charge in [0.15, 0.2) is 0 Å². The maximum Gasteiger partial charge on any atom is 0.303 e. The molecule has 0 aliphatic carbocycles. The van der Waals surface area contributed by atoms with Crippen molar-refractivity contribution < 1.29 is 14.3 Å². The Balaban J connectivity index is 2.28. The van der Waals surface area contributed by atoms with Crippen LogP contribution in [0.15, 0.2) is 30.5 Å². The van der Waals surface area contributed by atoms with Gasteiger partial charge in [-0.1, -0.05) is 17.7 Å². The third-order valence-electron chi connectivity index (χ3n) is 2.44. The van der Waals surface area contributed by atoms with E-state index in [9.17, 15) is 9.18 Å². The molecule has 0 bridgehead atoms. The highest BCUT2D eigenvalue weighted by molar-refractivity contribution is 6.30. The molecule has 0 saturated heterocycles. The third kappa shape index (κ3) is 2.68. The van der Waals surface area contributed by atoms with E-state index >= 15 is 0 Å². The number of carboxylic acids is 1. The first kappa shape index (κ1) is 12.6. The quantitative estimate of drug-likeness (QED) is 0.927. The first-order valence-corrected chi connectivity index (χ1v) is 5.66. The summed E-state index contributed by atoms with van der Waals surface area (Å²) in [6.07, 6.45) is 1.77. The van der Waals surface area contributed by atoms with Gasteiger partial charge in [0, 0.05) is 12.0 Å². The Labute approximate surface area is 108 Å². The van der Waals surface area contributed by atoms with E-state index in [1.54, 1.807) is 12.1 Å². The number of nitrogens with zero attached hydrogens (tertiary/aromatic N) is 2. The van der Waals surface area contributed by atoms with Crippen LogP contribution in [0.2, 0.25) is 5.15 Å². The number of hydrogen-bond donors (Lipinski definition) is 1. The second-order valence-electron chi connectivity index (χ2n) is 3.75. The molecule has 0 spiro atoms. The van der Waals surface area contributed by atoms with Crippen molar-refractivity contribution in [3.05, 3.63) is 47.0 Å². The van der Waals surface area contributed by atoms with Crippen LogP contribution in [0.4, 0.5) is 4.39 Å². The first-order valence-electron chi connectivity index (χ1n) is 5.28. The molecule has 2 rings (SSSR count). The van der Waals surface area contributed by atoms with Gasteiger partial charge in [0.1, 0.15) is 11.0 Å². The van der Waals surface area contributed by atoms with Crippen LogP contribution < -0.4 is 0 Å². The number of benzene rings is 1. The topological polar surface area (TPSA) is 55.1 Å². The Morgan fingerprint density at radius 3 is 2.94 bits per heavy atom. The SMILES string of the molecule is O=C(O)CCc1cnn(-c2cccc(F)c2)c1Cl. The van der Waals surface area contributed by atoms with Gasteiger partial charge in [0.05, 0.1) is 11.9 Å². The van der Waals surface area contributed by atoms with Crippen molar-refractivity contribution in [3.63, 3.8) is 0 Å². The minimum Gasteiger partial charge on any atom is -0.481 e. The molecule has 1 aromatic carbocycles. The van der Waals surface area contributed by atoms with Crippen LogP contribution in [0.3, 0.4) is 0 Å². The molecule has 0 aliphatic rings. The number of aryl methyl sites for hydroxylation is 1. The van der Waals surface area contributed by atoms with Gasteiger partial charge < -0.3 is 5.11 Å². The standard InChI is InChI=1S/C12H10ClFN2O2/c13-12-8(4-5-11(17)18)7-15-16(12)10-3-1-2-9(14)6-10/h1-3,6-7H,4-5H2,(H,17,18). The minimum absolute atomic E-state index is 0.0193. The molecule has 0 unspecified atom stereocenters. The van der Waals surface area contributed by atoms with E-state index in [0.29, 0.717) is 22.8 Å².